The van der Waals surface area contributed by atoms with Crippen molar-refractivity contribution >= 4 is 11.9 Å². The van der Waals surface area contributed by atoms with Crippen molar-refractivity contribution in [1.29, 1.82) is 0 Å². The van der Waals surface area contributed by atoms with Crippen molar-refractivity contribution in [3.8, 4) is 0 Å². The molecule has 2 aliphatic rings. The molecule has 2 fully saturated rings. The molecule has 2 rings (SSSR count). The van der Waals surface area contributed by atoms with E-state index >= 15 is 0 Å². The van der Waals surface area contributed by atoms with Gasteiger partial charge in [0.25, 0.3) is 0 Å². The zero-order chi connectivity index (χ0) is 12.4. The summed E-state index contributed by atoms with van der Waals surface area (Å²) < 4.78 is 5.50. The molecule has 0 unspecified atom stereocenters. The van der Waals surface area contributed by atoms with Gasteiger partial charge in [0, 0.05) is 19.7 Å². The highest BCUT2D eigenvalue weighted by molar-refractivity contribution is 5.89. The van der Waals surface area contributed by atoms with Gasteiger partial charge in [0.2, 0.25) is 5.91 Å². The standard InChI is InChI=1S/C12H19NO4/c1-2-13(7-8-4-3-5-17-8)11(14)9-6-10(9)12(15)16/h8-10H,2-7H2,1H3,(H,15,16)/t8-,9-,10-/m0/s1. The number of likely N-dealkylation sites (N-methyl/N-ethyl adjacent to an activating group) is 1. The van der Waals surface area contributed by atoms with Gasteiger partial charge in [-0.1, -0.05) is 0 Å². The van der Waals surface area contributed by atoms with Crippen LogP contribution in [0.25, 0.3) is 0 Å². The van der Waals surface area contributed by atoms with Crippen LogP contribution in [0, 0.1) is 11.8 Å². The number of nitrogens with zero attached hydrogens (tertiary/aromatic N) is 1. The molecule has 1 saturated carbocycles. The molecule has 0 aromatic rings. The first-order chi connectivity index (χ1) is 8.13. The van der Waals surface area contributed by atoms with E-state index in [1.54, 1.807) is 4.90 Å². The van der Waals surface area contributed by atoms with E-state index in [0.717, 1.165) is 19.4 Å². The van der Waals surface area contributed by atoms with Crippen LogP contribution in [0.1, 0.15) is 26.2 Å². The molecule has 5 heteroatoms. The number of carbonyl (C=O) groups excluding carboxylic acids is 1. The fourth-order valence-electron chi connectivity index (χ4n) is 2.38. The Morgan fingerprint density at radius 3 is 2.65 bits per heavy atom. The Kier molecular flexibility index (Phi) is 3.66. The lowest BCUT2D eigenvalue weighted by molar-refractivity contribution is -0.142. The lowest BCUT2D eigenvalue weighted by Crippen LogP contribution is -2.38. The van der Waals surface area contributed by atoms with E-state index in [1.807, 2.05) is 6.92 Å². The molecule has 1 heterocycles. The summed E-state index contributed by atoms with van der Waals surface area (Å²) in [4.78, 5) is 24.5. The molecule has 17 heavy (non-hydrogen) atoms. The highest BCUT2D eigenvalue weighted by atomic mass is 16.5. The first-order valence-electron chi connectivity index (χ1n) is 6.26. The molecule has 1 aliphatic heterocycles. The Morgan fingerprint density at radius 2 is 2.18 bits per heavy atom. The van der Waals surface area contributed by atoms with Crippen molar-refractivity contribution in [3.05, 3.63) is 0 Å². The van der Waals surface area contributed by atoms with Crippen molar-refractivity contribution in [1.82, 2.24) is 4.90 Å². The van der Waals surface area contributed by atoms with Crippen LogP contribution < -0.4 is 0 Å². The maximum Gasteiger partial charge on any atom is 0.307 e. The maximum absolute atomic E-state index is 12.0. The predicted octanol–water partition coefficient (Wildman–Crippen LogP) is 0.735. The molecule has 96 valence electrons. The molecular formula is C12H19NO4. The molecule has 1 amide bonds. The van der Waals surface area contributed by atoms with E-state index in [9.17, 15) is 9.59 Å². The summed E-state index contributed by atoms with van der Waals surface area (Å²) in [5.41, 5.74) is 0. The van der Waals surface area contributed by atoms with Gasteiger partial charge in [0.05, 0.1) is 17.9 Å². The van der Waals surface area contributed by atoms with Crippen LogP contribution in [0.2, 0.25) is 0 Å². The second kappa shape index (κ2) is 5.04. The molecule has 0 aromatic heterocycles. The maximum atomic E-state index is 12.0. The largest absolute Gasteiger partial charge is 0.481 e. The normalized spacial score (nSPS) is 31.2. The average molecular weight is 241 g/mol. The van der Waals surface area contributed by atoms with Crippen LogP contribution in [0.15, 0.2) is 0 Å². The third kappa shape index (κ3) is 2.77. The van der Waals surface area contributed by atoms with Crippen LogP contribution in [0.4, 0.5) is 0 Å². The smallest absolute Gasteiger partial charge is 0.307 e. The molecule has 0 bridgehead atoms. The van der Waals surface area contributed by atoms with Crippen molar-refractivity contribution in [2.45, 2.75) is 32.3 Å². The van der Waals surface area contributed by atoms with Gasteiger partial charge in [-0.3, -0.25) is 9.59 Å². The Labute approximate surface area is 101 Å². The van der Waals surface area contributed by atoms with Crippen molar-refractivity contribution < 1.29 is 19.4 Å². The SMILES string of the molecule is CCN(C[C@@H]1CCCO1)C(=O)[C@H]1C[C@@H]1C(=O)O. The van der Waals surface area contributed by atoms with Crippen LogP contribution >= 0.6 is 0 Å². The van der Waals surface area contributed by atoms with E-state index < -0.39 is 11.9 Å². The number of rotatable bonds is 5. The summed E-state index contributed by atoms with van der Waals surface area (Å²) in [5.74, 6) is -1.62. The Morgan fingerprint density at radius 1 is 1.41 bits per heavy atom. The minimum absolute atomic E-state index is 0.0181. The fraction of sp³-hybridized carbons (Fsp3) is 0.833. The van der Waals surface area contributed by atoms with E-state index in [2.05, 4.69) is 0 Å². The van der Waals surface area contributed by atoms with Crippen molar-refractivity contribution in [3.63, 3.8) is 0 Å². The third-order valence-corrected chi connectivity index (χ3v) is 3.57. The minimum atomic E-state index is -0.850. The lowest BCUT2D eigenvalue weighted by Gasteiger charge is -2.24. The second-order valence-electron chi connectivity index (χ2n) is 4.80. The quantitative estimate of drug-likeness (QED) is 0.770. The monoisotopic (exact) mass is 241 g/mol. The topological polar surface area (TPSA) is 66.8 Å². The van der Waals surface area contributed by atoms with Gasteiger partial charge in [-0.2, -0.15) is 0 Å². The Bertz CT molecular complexity index is 312. The predicted molar refractivity (Wildman–Crippen MR) is 60.5 cm³/mol. The van der Waals surface area contributed by atoms with Crippen molar-refractivity contribution in [2.75, 3.05) is 19.7 Å². The summed E-state index contributed by atoms with van der Waals surface area (Å²) in [7, 11) is 0. The molecule has 3 atom stereocenters. The summed E-state index contributed by atoms with van der Waals surface area (Å²) in [5, 5.41) is 8.82. The zero-order valence-corrected chi connectivity index (χ0v) is 10.1. The molecule has 1 N–H and O–H groups in total. The van der Waals surface area contributed by atoms with E-state index in [-0.39, 0.29) is 17.9 Å². The summed E-state index contributed by atoms with van der Waals surface area (Å²) in [6, 6.07) is 0. The van der Waals surface area contributed by atoms with Crippen LogP contribution in [-0.4, -0.2) is 47.7 Å². The third-order valence-electron chi connectivity index (χ3n) is 3.57. The van der Waals surface area contributed by atoms with E-state index in [0.29, 0.717) is 19.5 Å². The summed E-state index contributed by atoms with van der Waals surface area (Å²) in [6.07, 6.45) is 2.69. The molecule has 0 aromatic carbocycles. The summed E-state index contributed by atoms with van der Waals surface area (Å²) >= 11 is 0. The highest BCUT2D eigenvalue weighted by Crippen LogP contribution is 2.40. The average Bonchev–Trinajstić information content (AvgIpc) is 2.96. The molecule has 1 aliphatic carbocycles. The van der Waals surface area contributed by atoms with Gasteiger partial charge < -0.3 is 14.7 Å². The van der Waals surface area contributed by atoms with Gasteiger partial charge in [-0.05, 0) is 26.2 Å². The van der Waals surface area contributed by atoms with Gasteiger partial charge in [-0.15, -0.1) is 0 Å². The number of hydrogen-bond acceptors (Lipinski definition) is 3. The van der Waals surface area contributed by atoms with Gasteiger partial charge in [-0.25, -0.2) is 0 Å². The Hall–Kier alpha value is -1.10. The molecule has 0 radical (unpaired) electrons. The number of carboxylic acid groups (broad SMARTS) is 1. The number of hydrogen-bond donors (Lipinski definition) is 1. The minimum Gasteiger partial charge on any atom is -0.481 e. The molecule has 0 spiro atoms. The van der Waals surface area contributed by atoms with E-state index in [1.165, 1.54) is 0 Å². The van der Waals surface area contributed by atoms with Crippen LogP contribution in [0.5, 0.6) is 0 Å². The molecular weight excluding hydrogens is 222 g/mol. The number of carbonyl (C=O) groups is 2. The number of amides is 1. The van der Waals surface area contributed by atoms with Gasteiger partial charge in [0.15, 0.2) is 0 Å². The van der Waals surface area contributed by atoms with Crippen molar-refractivity contribution in [2.24, 2.45) is 11.8 Å². The van der Waals surface area contributed by atoms with E-state index in [4.69, 9.17) is 9.84 Å². The zero-order valence-electron chi connectivity index (χ0n) is 10.1. The van der Waals surface area contributed by atoms with Gasteiger partial charge in [0.1, 0.15) is 0 Å². The fourth-order valence-corrected chi connectivity index (χ4v) is 2.38. The number of carboxylic acids is 1. The van der Waals surface area contributed by atoms with Crippen LogP contribution in [-0.2, 0) is 14.3 Å². The number of aliphatic carboxylic acids is 1. The molecule has 1 saturated heterocycles. The second-order valence-corrected chi connectivity index (χ2v) is 4.80. The van der Waals surface area contributed by atoms with Crippen LogP contribution in [0.3, 0.4) is 0 Å². The number of ether oxygens (including phenoxy) is 1. The highest BCUT2D eigenvalue weighted by Gasteiger charge is 2.49. The lowest BCUT2D eigenvalue weighted by atomic mass is 10.2. The summed E-state index contributed by atoms with van der Waals surface area (Å²) in [6.45, 7) is 3.93. The van der Waals surface area contributed by atoms with Gasteiger partial charge >= 0.3 is 5.97 Å². The first kappa shape index (κ1) is 12.4. The Balaban J connectivity index is 1.85. The molecule has 5 nitrogen and oxygen atoms in total. The first-order valence-corrected chi connectivity index (χ1v) is 6.26.